The third-order valence-electron chi connectivity index (χ3n) is 5.04. The van der Waals surface area contributed by atoms with Crippen molar-refractivity contribution in [3.05, 3.63) is 93.3 Å². The fourth-order valence-corrected chi connectivity index (χ4v) is 4.70. The minimum absolute atomic E-state index is 0.336. The van der Waals surface area contributed by atoms with Crippen LogP contribution in [0.1, 0.15) is 16.7 Å². The number of amides is 2. The Hall–Kier alpha value is -3.02. The van der Waals surface area contributed by atoms with Gasteiger partial charge in [0.2, 0.25) is 0 Å². The first kappa shape index (κ1) is 21.2. The zero-order valence-corrected chi connectivity index (χ0v) is 18.9. The van der Waals surface area contributed by atoms with Crippen LogP contribution in [0.2, 0.25) is 5.02 Å². The number of carbonyl (C=O) groups excluding carboxylic acids is 2. The number of rotatable bonds is 5. The summed E-state index contributed by atoms with van der Waals surface area (Å²) in [4.78, 5) is 29.6. The number of thioether (sulfide) groups is 1. The minimum Gasteiger partial charge on any atom is -0.496 e. The first-order valence-electron chi connectivity index (χ1n) is 9.68. The predicted molar refractivity (Wildman–Crippen MR) is 126 cm³/mol. The fraction of sp³-hybridized carbons (Fsp3) is 0.120. The van der Waals surface area contributed by atoms with Crippen LogP contribution in [0.25, 0.3) is 5.57 Å². The molecule has 0 unspecified atom stereocenters. The highest BCUT2D eigenvalue weighted by Crippen LogP contribution is 2.44. The summed E-state index contributed by atoms with van der Waals surface area (Å²) in [5.74, 6) is -0.175. The second-order valence-corrected chi connectivity index (χ2v) is 8.72. The average Bonchev–Trinajstić information content (AvgIpc) is 2.99. The van der Waals surface area contributed by atoms with Gasteiger partial charge in [0.1, 0.15) is 5.75 Å². The first-order chi connectivity index (χ1) is 14.9. The molecule has 1 heterocycles. The molecule has 0 spiro atoms. The fourth-order valence-electron chi connectivity index (χ4n) is 3.59. The van der Waals surface area contributed by atoms with Crippen LogP contribution >= 0.6 is 23.4 Å². The molecule has 0 saturated heterocycles. The maximum absolute atomic E-state index is 13.6. The lowest BCUT2D eigenvalue weighted by atomic mass is 10.0. The van der Waals surface area contributed by atoms with Crippen molar-refractivity contribution in [2.45, 2.75) is 18.7 Å². The normalized spacial score (nSPS) is 13.9. The summed E-state index contributed by atoms with van der Waals surface area (Å²) >= 11 is 7.27. The smallest absolute Gasteiger partial charge is 0.272 e. The van der Waals surface area contributed by atoms with E-state index in [2.05, 4.69) is 0 Å². The Morgan fingerprint density at radius 2 is 1.61 bits per heavy atom. The van der Waals surface area contributed by atoms with Gasteiger partial charge in [0, 0.05) is 15.5 Å². The second kappa shape index (κ2) is 8.61. The predicted octanol–water partition coefficient (Wildman–Crippen LogP) is 6.04. The molecular weight excluding hydrogens is 430 g/mol. The van der Waals surface area contributed by atoms with E-state index in [1.807, 2.05) is 56.3 Å². The van der Waals surface area contributed by atoms with E-state index >= 15 is 0 Å². The van der Waals surface area contributed by atoms with Crippen LogP contribution in [-0.4, -0.2) is 18.9 Å². The van der Waals surface area contributed by atoms with Crippen LogP contribution in [0.3, 0.4) is 0 Å². The number of nitrogens with zero attached hydrogens (tertiary/aromatic N) is 1. The molecule has 0 atom stereocenters. The summed E-state index contributed by atoms with van der Waals surface area (Å²) < 4.78 is 5.49. The maximum Gasteiger partial charge on any atom is 0.272 e. The monoisotopic (exact) mass is 449 g/mol. The number of hydrogen-bond donors (Lipinski definition) is 0. The Morgan fingerprint density at radius 1 is 0.903 bits per heavy atom. The third-order valence-corrected chi connectivity index (χ3v) is 6.39. The molecule has 4 nitrogen and oxygen atoms in total. The van der Waals surface area contributed by atoms with Crippen molar-refractivity contribution in [2.24, 2.45) is 0 Å². The SMILES string of the molecule is COc1ccccc1C1=C(Sc2ccc(Cl)cc2)C(=O)N(c2ccc(C)cc2C)C1=O. The van der Waals surface area contributed by atoms with E-state index in [-0.39, 0.29) is 11.8 Å². The van der Waals surface area contributed by atoms with Crippen molar-refractivity contribution in [1.29, 1.82) is 0 Å². The second-order valence-electron chi connectivity index (χ2n) is 7.20. The van der Waals surface area contributed by atoms with Crippen LogP contribution in [0.5, 0.6) is 5.75 Å². The van der Waals surface area contributed by atoms with Crippen molar-refractivity contribution >= 4 is 46.4 Å². The van der Waals surface area contributed by atoms with Crippen molar-refractivity contribution in [3.63, 3.8) is 0 Å². The molecule has 2 amide bonds. The summed E-state index contributed by atoms with van der Waals surface area (Å²) in [6, 6.07) is 20.1. The van der Waals surface area contributed by atoms with Crippen LogP contribution in [0.4, 0.5) is 5.69 Å². The van der Waals surface area contributed by atoms with Gasteiger partial charge in [0.25, 0.3) is 11.8 Å². The molecule has 156 valence electrons. The Kier molecular flexibility index (Phi) is 5.90. The average molecular weight is 450 g/mol. The van der Waals surface area contributed by atoms with Crippen LogP contribution in [0.15, 0.2) is 76.5 Å². The van der Waals surface area contributed by atoms with Gasteiger partial charge in [-0.25, -0.2) is 4.90 Å². The number of aryl methyl sites for hydroxylation is 2. The summed E-state index contributed by atoms with van der Waals surface area (Å²) in [6.07, 6.45) is 0. The molecule has 0 aliphatic carbocycles. The number of hydrogen-bond acceptors (Lipinski definition) is 4. The Bertz CT molecular complexity index is 1220. The quantitative estimate of drug-likeness (QED) is 0.445. The van der Waals surface area contributed by atoms with Gasteiger partial charge in [-0.1, -0.05) is 59.3 Å². The molecule has 1 aliphatic rings. The molecule has 0 N–H and O–H groups in total. The standard InChI is InChI=1S/C25H20ClNO3S/c1-15-8-13-20(16(2)14-15)27-24(28)22(19-6-4-5-7-21(19)30-3)23(25(27)29)31-18-11-9-17(26)10-12-18/h4-14H,1-3H3. The minimum atomic E-state index is -0.363. The highest BCUT2D eigenvalue weighted by molar-refractivity contribution is 8.04. The van der Waals surface area contributed by atoms with E-state index in [9.17, 15) is 9.59 Å². The Labute approximate surface area is 190 Å². The molecule has 1 aliphatic heterocycles. The summed E-state index contributed by atoms with van der Waals surface area (Å²) in [7, 11) is 1.55. The number of anilines is 1. The molecule has 0 aromatic heterocycles. The van der Waals surface area contributed by atoms with Crippen molar-refractivity contribution in [3.8, 4) is 5.75 Å². The lowest BCUT2D eigenvalue weighted by molar-refractivity contribution is -0.119. The van der Waals surface area contributed by atoms with E-state index in [1.54, 1.807) is 31.4 Å². The van der Waals surface area contributed by atoms with Gasteiger partial charge in [0.15, 0.2) is 0 Å². The lowest BCUT2D eigenvalue weighted by Gasteiger charge is -2.18. The lowest BCUT2D eigenvalue weighted by Crippen LogP contribution is -2.32. The molecule has 0 bridgehead atoms. The molecule has 6 heteroatoms. The molecule has 4 rings (SSSR count). The molecule has 0 fully saturated rings. The number of ether oxygens (including phenoxy) is 1. The van der Waals surface area contributed by atoms with Gasteiger partial charge in [-0.15, -0.1) is 0 Å². The number of benzene rings is 3. The summed E-state index contributed by atoms with van der Waals surface area (Å²) in [5.41, 5.74) is 3.43. The molecule has 3 aromatic rings. The topological polar surface area (TPSA) is 46.6 Å². The molecular formula is C25H20ClNO3S. The maximum atomic E-state index is 13.6. The van der Waals surface area contributed by atoms with E-state index in [0.29, 0.717) is 32.5 Å². The van der Waals surface area contributed by atoms with Crippen LogP contribution < -0.4 is 9.64 Å². The van der Waals surface area contributed by atoms with Crippen molar-refractivity contribution in [2.75, 3.05) is 12.0 Å². The van der Waals surface area contributed by atoms with E-state index in [1.165, 1.54) is 16.7 Å². The first-order valence-corrected chi connectivity index (χ1v) is 10.9. The molecule has 3 aromatic carbocycles. The van der Waals surface area contributed by atoms with Crippen molar-refractivity contribution < 1.29 is 14.3 Å². The van der Waals surface area contributed by atoms with E-state index < -0.39 is 0 Å². The van der Waals surface area contributed by atoms with Crippen LogP contribution in [-0.2, 0) is 9.59 Å². The highest BCUT2D eigenvalue weighted by Gasteiger charge is 2.41. The van der Waals surface area contributed by atoms with Gasteiger partial charge >= 0.3 is 0 Å². The molecule has 0 saturated carbocycles. The van der Waals surface area contributed by atoms with Gasteiger partial charge in [-0.3, -0.25) is 9.59 Å². The number of carbonyl (C=O) groups is 2. The van der Waals surface area contributed by atoms with Gasteiger partial charge in [0.05, 0.1) is 23.3 Å². The zero-order chi connectivity index (χ0) is 22.1. The van der Waals surface area contributed by atoms with Crippen molar-refractivity contribution in [1.82, 2.24) is 0 Å². The summed E-state index contributed by atoms with van der Waals surface area (Å²) in [5, 5.41) is 0.606. The Morgan fingerprint density at radius 3 is 2.29 bits per heavy atom. The number of imide groups is 1. The van der Waals surface area contributed by atoms with Crippen LogP contribution in [0, 0.1) is 13.8 Å². The Balaban J connectivity index is 1.87. The van der Waals surface area contributed by atoms with E-state index in [0.717, 1.165) is 16.0 Å². The molecule has 31 heavy (non-hydrogen) atoms. The van der Waals surface area contributed by atoms with Gasteiger partial charge < -0.3 is 4.74 Å². The third kappa shape index (κ3) is 3.99. The van der Waals surface area contributed by atoms with E-state index in [4.69, 9.17) is 16.3 Å². The summed E-state index contributed by atoms with van der Waals surface area (Å²) in [6.45, 7) is 3.88. The number of halogens is 1. The zero-order valence-electron chi connectivity index (χ0n) is 17.3. The van der Waals surface area contributed by atoms with Gasteiger partial charge in [-0.2, -0.15) is 0 Å². The largest absolute Gasteiger partial charge is 0.496 e. The number of methoxy groups -OCH3 is 1. The molecule has 0 radical (unpaired) electrons. The highest BCUT2D eigenvalue weighted by atomic mass is 35.5. The number of para-hydroxylation sites is 1. The van der Waals surface area contributed by atoms with Gasteiger partial charge in [-0.05, 0) is 55.8 Å².